The fourth-order valence-electron chi connectivity index (χ4n) is 1.99. The molecule has 0 amide bonds. The number of halogens is 2. The maximum absolute atomic E-state index is 6.00. The summed E-state index contributed by atoms with van der Waals surface area (Å²) in [7, 11) is 0. The van der Waals surface area contributed by atoms with Crippen molar-refractivity contribution in [3.8, 4) is 11.5 Å². The van der Waals surface area contributed by atoms with E-state index in [4.69, 9.17) is 21.9 Å². The lowest BCUT2D eigenvalue weighted by atomic mass is 10.1. The minimum atomic E-state index is 0.408. The first kappa shape index (κ1) is 14.1. The Morgan fingerprint density at radius 3 is 2.81 bits per heavy atom. The van der Waals surface area contributed by atoms with Gasteiger partial charge in [0.1, 0.15) is 0 Å². The van der Waals surface area contributed by atoms with Gasteiger partial charge in [0.05, 0.1) is 11.3 Å². The number of nitrogen functional groups attached to an aromatic ring is 1. The van der Waals surface area contributed by atoms with Crippen LogP contribution in [0.1, 0.15) is 11.4 Å². The smallest absolute Gasteiger partial charge is 0.260 e. The molecule has 1 heterocycles. The number of para-hydroxylation sites is 1. The van der Waals surface area contributed by atoms with Gasteiger partial charge in [0.15, 0.2) is 5.82 Å². The monoisotopic (exact) mass is 363 g/mol. The van der Waals surface area contributed by atoms with Crippen LogP contribution in [0.3, 0.4) is 0 Å². The lowest BCUT2D eigenvalue weighted by Gasteiger charge is -2.01. The molecular weight excluding hydrogens is 354 g/mol. The van der Waals surface area contributed by atoms with Crippen molar-refractivity contribution in [3.05, 3.63) is 63.3 Å². The van der Waals surface area contributed by atoms with Crippen LogP contribution in [0.2, 0.25) is 5.02 Å². The number of rotatable bonds is 3. The molecule has 3 aromatic rings. The molecule has 0 aliphatic carbocycles. The summed E-state index contributed by atoms with van der Waals surface area (Å²) in [6.45, 7) is 0. The Balaban J connectivity index is 1.88. The molecule has 0 bridgehead atoms. The molecule has 0 aliphatic rings. The zero-order chi connectivity index (χ0) is 14.8. The first-order valence-corrected chi connectivity index (χ1v) is 7.42. The van der Waals surface area contributed by atoms with Crippen LogP contribution < -0.4 is 5.73 Å². The molecule has 106 valence electrons. The third-order valence-electron chi connectivity index (χ3n) is 3.00. The zero-order valence-corrected chi connectivity index (χ0v) is 13.2. The van der Waals surface area contributed by atoms with Crippen molar-refractivity contribution in [1.29, 1.82) is 0 Å². The van der Waals surface area contributed by atoms with E-state index in [2.05, 4.69) is 26.1 Å². The maximum Gasteiger partial charge on any atom is 0.260 e. The van der Waals surface area contributed by atoms with Crippen LogP contribution >= 0.6 is 27.5 Å². The van der Waals surface area contributed by atoms with E-state index in [0.717, 1.165) is 10.0 Å². The molecule has 0 atom stereocenters. The summed E-state index contributed by atoms with van der Waals surface area (Å²) in [4.78, 5) is 4.39. The number of hydrogen-bond acceptors (Lipinski definition) is 4. The summed E-state index contributed by atoms with van der Waals surface area (Å²) >= 11 is 9.35. The van der Waals surface area contributed by atoms with E-state index in [0.29, 0.717) is 34.4 Å². The van der Waals surface area contributed by atoms with E-state index in [1.807, 2.05) is 42.5 Å². The average molecular weight is 365 g/mol. The average Bonchev–Trinajstić information content (AvgIpc) is 2.90. The van der Waals surface area contributed by atoms with E-state index < -0.39 is 0 Å². The quantitative estimate of drug-likeness (QED) is 0.703. The van der Waals surface area contributed by atoms with Gasteiger partial charge in [-0.25, -0.2) is 0 Å². The van der Waals surface area contributed by atoms with Gasteiger partial charge in [-0.1, -0.05) is 35.0 Å². The SMILES string of the molecule is Nc1c(Br)cccc1-c1nc(Cc2cccc(Cl)c2)no1. The van der Waals surface area contributed by atoms with Crippen LogP contribution in [0.25, 0.3) is 11.5 Å². The van der Waals surface area contributed by atoms with Gasteiger partial charge < -0.3 is 10.3 Å². The Hall–Kier alpha value is -1.85. The fraction of sp³-hybridized carbons (Fsp3) is 0.0667. The highest BCUT2D eigenvalue weighted by Gasteiger charge is 2.13. The first-order chi connectivity index (χ1) is 10.1. The predicted octanol–water partition coefficient (Wildman–Crippen LogP) is 4.33. The summed E-state index contributed by atoms with van der Waals surface area (Å²) in [5, 5.41) is 4.68. The van der Waals surface area contributed by atoms with E-state index in [1.54, 1.807) is 0 Å². The summed E-state index contributed by atoms with van der Waals surface area (Å²) < 4.78 is 6.09. The predicted molar refractivity (Wildman–Crippen MR) is 86.1 cm³/mol. The molecule has 0 saturated heterocycles. The van der Waals surface area contributed by atoms with Crippen LogP contribution in [-0.4, -0.2) is 10.1 Å². The second-order valence-electron chi connectivity index (χ2n) is 4.52. The van der Waals surface area contributed by atoms with Crippen LogP contribution in [0.4, 0.5) is 5.69 Å². The topological polar surface area (TPSA) is 64.9 Å². The Labute approximate surface area is 135 Å². The zero-order valence-electron chi connectivity index (χ0n) is 10.9. The molecule has 2 aromatic carbocycles. The van der Waals surface area contributed by atoms with E-state index in [9.17, 15) is 0 Å². The van der Waals surface area contributed by atoms with E-state index in [1.165, 1.54) is 0 Å². The van der Waals surface area contributed by atoms with Crippen molar-refractivity contribution in [2.75, 3.05) is 5.73 Å². The summed E-state index contributed by atoms with van der Waals surface area (Å²) in [6.07, 6.45) is 0.554. The van der Waals surface area contributed by atoms with Crippen LogP contribution in [-0.2, 0) is 6.42 Å². The van der Waals surface area contributed by atoms with Crippen molar-refractivity contribution in [1.82, 2.24) is 10.1 Å². The van der Waals surface area contributed by atoms with Gasteiger partial charge in [-0.05, 0) is 45.8 Å². The second kappa shape index (κ2) is 5.87. The van der Waals surface area contributed by atoms with Gasteiger partial charge in [-0.3, -0.25) is 0 Å². The molecule has 0 fully saturated rings. The first-order valence-electron chi connectivity index (χ1n) is 6.25. The Morgan fingerprint density at radius 1 is 1.19 bits per heavy atom. The van der Waals surface area contributed by atoms with Gasteiger partial charge in [0.25, 0.3) is 5.89 Å². The molecule has 0 spiro atoms. The highest BCUT2D eigenvalue weighted by Crippen LogP contribution is 2.30. The highest BCUT2D eigenvalue weighted by atomic mass is 79.9. The lowest BCUT2D eigenvalue weighted by Crippen LogP contribution is -1.93. The third kappa shape index (κ3) is 3.09. The van der Waals surface area contributed by atoms with Gasteiger partial charge in [-0.15, -0.1) is 0 Å². The highest BCUT2D eigenvalue weighted by molar-refractivity contribution is 9.10. The van der Waals surface area contributed by atoms with Crippen LogP contribution in [0.5, 0.6) is 0 Å². The number of benzene rings is 2. The molecule has 0 radical (unpaired) electrons. The maximum atomic E-state index is 6.00. The standard InChI is InChI=1S/C15H11BrClN3O/c16-12-6-2-5-11(14(12)18)15-19-13(20-21-15)8-9-3-1-4-10(17)7-9/h1-7H,8,18H2. The van der Waals surface area contributed by atoms with Crippen molar-refractivity contribution >= 4 is 33.2 Å². The second-order valence-corrected chi connectivity index (χ2v) is 5.81. The number of aromatic nitrogens is 2. The van der Waals surface area contributed by atoms with Crippen molar-refractivity contribution in [3.63, 3.8) is 0 Å². The number of hydrogen-bond donors (Lipinski definition) is 1. The van der Waals surface area contributed by atoms with Crippen LogP contribution in [0.15, 0.2) is 51.5 Å². The minimum absolute atomic E-state index is 0.408. The summed E-state index contributed by atoms with van der Waals surface area (Å²) in [6, 6.07) is 13.1. The largest absolute Gasteiger partial charge is 0.397 e. The molecule has 3 rings (SSSR count). The summed E-state index contributed by atoms with van der Waals surface area (Å²) in [5.74, 6) is 0.998. The van der Waals surface area contributed by atoms with Crippen molar-refractivity contribution in [2.24, 2.45) is 0 Å². The normalized spacial score (nSPS) is 10.8. The van der Waals surface area contributed by atoms with E-state index >= 15 is 0 Å². The van der Waals surface area contributed by atoms with Gasteiger partial charge in [0, 0.05) is 15.9 Å². The molecule has 6 heteroatoms. The van der Waals surface area contributed by atoms with Crippen molar-refractivity contribution < 1.29 is 4.52 Å². The minimum Gasteiger partial charge on any atom is -0.397 e. The molecule has 0 saturated carbocycles. The Morgan fingerprint density at radius 2 is 2.00 bits per heavy atom. The molecule has 1 aromatic heterocycles. The van der Waals surface area contributed by atoms with Crippen LogP contribution in [0, 0.1) is 0 Å². The van der Waals surface area contributed by atoms with E-state index in [-0.39, 0.29) is 0 Å². The number of nitrogens with zero attached hydrogens (tertiary/aromatic N) is 2. The molecule has 21 heavy (non-hydrogen) atoms. The molecule has 0 unspecified atom stereocenters. The summed E-state index contributed by atoms with van der Waals surface area (Å²) in [5.41, 5.74) is 8.33. The van der Waals surface area contributed by atoms with Gasteiger partial charge in [-0.2, -0.15) is 4.98 Å². The van der Waals surface area contributed by atoms with Crippen molar-refractivity contribution in [2.45, 2.75) is 6.42 Å². The number of anilines is 1. The molecule has 2 N–H and O–H groups in total. The Kier molecular flexibility index (Phi) is 3.94. The van der Waals surface area contributed by atoms with Gasteiger partial charge >= 0.3 is 0 Å². The third-order valence-corrected chi connectivity index (χ3v) is 3.93. The molecule has 4 nitrogen and oxygen atoms in total. The fourth-order valence-corrected chi connectivity index (χ4v) is 2.57. The lowest BCUT2D eigenvalue weighted by molar-refractivity contribution is 0.424. The molecule has 0 aliphatic heterocycles. The Bertz CT molecular complexity index is 788. The number of nitrogens with two attached hydrogens (primary N) is 1. The van der Waals surface area contributed by atoms with Gasteiger partial charge in [0.2, 0.25) is 0 Å². The molecular formula is C15H11BrClN3O.